The van der Waals surface area contributed by atoms with E-state index in [1.165, 1.54) is 23.4 Å². The third kappa shape index (κ3) is 4.98. The number of aromatic nitrogens is 3. The Kier molecular flexibility index (Phi) is 7.09. The average Bonchev–Trinajstić information content (AvgIpc) is 3.42. The van der Waals surface area contributed by atoms with Crippen molar-refractivity contribution in [2.45, 2.75) is 19.4 Å². The van der Waals surface area contributed by atoms with Crippen LogP contribution in [0, 0.1) is 6.92 Å². The molecule has 0 bridgehead atoms. The van der Waals surface area contributed by atoms with E-state index >= 15 is 0 Å². The van der Waals surface area contributed by atoms with Gasteiger partial charge in [-0.2, -0.15) is 5.10 Å². The van der Waals surface area contributed by atoms with Crippen LogP contribution in [0.3, 0.4) is 0 Å². The number of piperazine rings is 1. The van der Waals surface area contributed by atoms with E-state index in [-0.39, 0.29) is 28.9 Å². The van der Waals surface area contributed by atoms with E-state index in [0.29, 0.717) is 37.4 Å². The van der Waals surface area contributed by atoms with Crippen LogP contribution in [0.25, 0.3) is 16.9 Å². The highest BCUT2D eigenvalue weighted by Gasteiger charge is 2.30. The molecule has 5 aromatic rings. The molecule has 0 radical (unpaired) electrons. The molecule has 3 heterocycles. The van der Waals surface area contributed by atoms with Gasteiger partial charge in [-0.15, -0.1) is 0 Å². The molecule has 1 fully saturated rings. The Morgan fingerprint density at radius 3 is 2.00 bits per heavy atom. The van der Waals surface area contributed by atoms with E-state index in [1.807, 2.05) is 67.6 Å². The molecule has 1 aliphatic heterocycles. The normalized spacial score (nSPS) is 14.4. The largest absolute Gasteiger partial charge is 0.336 e. The van der Waals surface area contributed by atoms with Crippen LogP contribution in [-0.2, 0) is 0 Å². The molecular formula is C32H29F2N5O. The number of carbonyl (C=O) groups excluding carboxylic acids is 1. The summed E-state index contributed by atoms with van der Waals surface area (Å²) in [4.78, 5) is 22.5. The molecule has 1 amide bonds. The first-order valence-corrected chi connectivity index (χ1v) is 13.4. The topological polar surface area (TPSA) is 53.7 Å². The van der Waals surface area contributed by atoms with Crippen LogP contribution < -0.4 is 0 Å². The van der Waals surface area contributed by atoms with E-state index in [4.69, 9.17) is 0 Å². The number of nitrogens with zero attached hydrogens (tertiary/aromatic N) is 5. The number of rotatable bonds is 6. The molecule has 6 rings (SSSR count). The lowest BCUT2D eigenvalue weighted by Gasteiger charge is -2.39. The predicted octanol–water partition coefficient (Wildman–Crippen LogP) is 6.19. The van der Waals surface area contributed by atoms with E-state index in [1.54, 1.807) is 4.90 Å². The van der Waals surface area contributed by atoms with Crippen molar-refractivity contribution < 1.29 is 13.6 Å². The summed E-state index contributed by atoms with van der Waals surface area (Å²) in [5.74, 6) is -0.251. The maximum Gasteiger partial charge on any atom is 0.280 e. The summed E-state index contributed by atoms with van der Waals surface area (Å²) in [5, 5.41) is 4.14. The Labute approximate surface area is 231 Å². The van der Waals surface area contributed by atoms with Gasteiger partial charge >= 0.3 is 0 Å². The Hall–Kier alpha value is -4.43. The van der Waals surface area contributed by atoms with Gasteiger partial charge in [-0.25, -0.2) is 18.3 Å². The number of amides is 1. The maximum absolute atomic E-state index is 14.0. The van der Waals surface area contributed by atoms with Crippen LogP contribution in [0.15, 0.2) is 97.2 Å². The minimum Gasteiger partial charge on any atom is -0.336 e. The Morgan fingerprint density at radius 1 is 0.825 bits per heavy atom. The molecule has 202 valence electrons. The number of fused-ring (bicyclic) bond motifs is 1. The van der Waals surface area contributed by atoms with Gasteiger partial charge in [0, 0.05) is 31.7 Å². The fourth-order valence-electron chi connectivity index (χ4n) is 5.40. The fraction of sp³-hybridized carbons (Fsp3) is 0.219. The summed E-state index contributed by atoms with van der Waals surface area (Å²) in [7, 11) is 0. The van der Waals surface area contributed by atoms with Gasteiger partial charge in [0.05, 0.1) is 17.9 Å². The minimum atomic E-state index is -2.77. The Morgan fingerprint density at radius 2 is 1.43 bits per heavy atom. The average molecular weight is 538 g/mol. The van der Waals surface area contributed by atoms with Crippen molar-refractivity contribution in [1.29, 1.82) is 0 Å². The van der Waals surface area contributed by atoms with Crippen molar-refractivity contribution >= 4 is 11.6 Å². The summed E-state index contributed by atoms with van der Waals surface area (Å²) < 4.78 is 29.2. The minimum absolute atomic E-state index is 0.0731. The summed E-state index contributed by atoms with van der Waals surface area (Å²) in [6, 6.07) is 29.6. The molecule has 0 atom stereocenters. The number of alkyl halides is 2. The van der Waals surface area contributed by atoms with Crippen LogP contribution in [-0.4, -0.2) is 56.5 Å². The van der Waals surface area contributed by atoms with Crippen LogP contribution in [0.5, 0.6) is 0 Å². The lowest BCUT2D eigenvalue weighted by molar-refractivity contribution is 0.0599. The molecule has 0 unspecified atom stereocenters. The van der Waals surface area contributed by atoms with Gasteiger partial charge in [0.25, 0.3) is 12.3 Å². The lowest BCUT2D eigenvalue weighted by atomic mass is 9.96. The van der Waals surface area contributed by atoms with Crippen LogP contribution in [0.1, 0.15) is 45.2 Å². The number of aryl methyl sites for hydroxylation is 1. The first-order chi connectivity index (χ1) is 19.5. The highest BCUT2D eigenvalue weighted by atomic mass is 19.3. The van der Waals surface area contributed by atoms with Crippen molar-refractivity contribution in [3.05, 3.63) is 125 Å². The second-order valence-corrected chi connectivity index (χ2v) is 10.1. The quantitative estimate of drug-likeness (QED) is 0.259. The summed E-state index contributed by atoms with van der Waals surface area (Å²) in [6.07, 6.45) is -1.41. The van der Waals surface area contributed by atoms with Gasteiger partial charge in [0.2, 0.25) is 0 Å². The van der Waals surface area contributed by atoms with Crippen molar-refractivity contribution in [1.82, 2.24) is 24.4 Å². The highest BCUT2D eigenvalue weighted by Crippen LogP contribution is 2.31. The van der Waals surface area contributed by atoms with Gasteiger partial charge in [-0.3, -0.25) is 9.69 Å². The molecule has 3 aromatic carbocycles. The van der Waals surface area contributed by atoms with Gasteiger partial charge in [-0.1, -0.05) is 90.5 Å². The summed E-state index contributed by atoms with van der Waals surface area (Å²) in [6.45, 7) is 4.31. The number of carbonyl (C=O) groups is 1. The van der Waals surface area contributed by atoms with Crippen molar-refractivity contribution in [2.75, 3.05) is 26.2 Å². The Balaban J connectivity index is 1.27. The van der Waals surface area contributed by atoms with Crippen molar-refractivity contribution in [3.63, 3.8) is 0 Å². The molecule has 0 aliphatic carbocycles. The standard InChI is InChI=1S/C32H29F2N5O/c1-22-12-14-23(15-13-22)27-20-28(30(33)34)39-31(36-27)26(21-35-39)32(40)38-18-16-37(17-19-38)29(24-8-4-2-5-9-24)25-10-6-3-7-11-25/h2-15,20-21,29-30H,16-19H2,1H3. The fourth-order valence-corrected chi connectivity index (χ4v) is 5.40. The number of hydrogen-bond acceptors (Lipinski definition) is 4. The molecule has 1 aliphatic rings. The van der Waals surface area contributed by atoms with Gasteiger partial charge < -0.3 is 4.90 Å². The second-order valence-electron chi connectivity index (χ2n) is 10.1. The van der Waals surface area contributed by atoms with Crippen molar-refractivity contribution in [3.8, 4) is 11.3 Å². The van der Waals surface area contributed by atoms with Crippen molar-refractivity contribution in [2.24, 2.45) is 0 Å². The Bertz CT molecular complexity index is 1570. The molecule has 0 N–H and O–H groups in total. The zero-order chi connectivity index (χ0) is 27.6. The predicted molar refractivity (Wildman–Crippen MR) is 150 cm³/mol. The lowest BCUT2D eigenvalue weighted by Crippen LogP contribution is -2.49. The van der Waals surface area contributed by atoms with Crippen LogP contribution >= 0.6 is 0 Å². The second kappa shape index (κ2) is 11.0. The van der Waals surface area contributed by atoms with Gasteiger partial charge in [0.1, 0.15) is 11.3 Å². The molecule has 40 heavy (non-hydrogen) atoms. The molecular weight excluding hydrogens is 508 g/mol. The summed E-state index contributed by atoms with van der Waals surface area (Å²) in [5.41, 5.74) is 4.62. The molecule has 0 saturated carbocycles. The first kappa shape index (κ1) is 25.8. The van der Waals surface area contributed by atoms with E-state index < -0.39 is 6.43 Å². The van der Waals surface area contributed by atoms with E-state index in [9.17, 15) is 13.6 Å². The molecule has 6 nitrogen and oxygen atoms in total. The SMILES string of the molecule is Cc1ccc(-c2cc(C(F)F)n3ncc(C(=O)N4CCN(C(c5ccccc5)c5ccccc5)CC4)c3n2)cc1. The maximum atomic E-state index is 14.0. The summed E-state index contributed by atoms with van der Waals surface area (Å²) >= 11 is 0. The highest BCUT2D eigenvalue weighted by molar-refractivity contribution is 6.00. The number of hydrogen-bond donors (Lipinski definition) is 0. The van der Waals surface area contributed by atoms with Gasteiger partial charge in [0.15, 0.2) is 5.65 Å². The monoisotopic (exact) mass is 537 g/mol. The van der Waals surface area contributed by atoms with Gasteiger partial charge in [-0.05, 0) is 24.1 Å². The zero-order valence-electron chi connectivity index (χ0n) is 22.1. The molecule has 8 heteroatoms. The molecule has 0 spiro atoms. The third-order valence-electron chi connectivity index (χ3n) is 7.50. The first-order valence-electron chi connectivity index (χ1n) is 13.4. The number of benzene rings is 3. The van der Waals surface area contributed by atoms with Crippen LogP contribution in [0.4, 0.5) is 8.78 Å². The van der Waals surface area contributed by atoms with E-state index in [0.717, 1.165) is 10.1 Å². The zero-order valence-corrected chi connectivity index (χ0v) is 22.1. The number of halogens is 2. The molecule has 2 aromatic heterocycles. The molecule has 1 saturated heterocycles. The van der Waals surface area contributed by atoms with Crippen LogP contribution in [0.2, 0.25) is 0 Å². The smallest absolute Gasteiger partial charge is 0.280 e. The third-order valence-corrected chi connectivity index (χ3v) is 7.50. The van der Waals surface area contributed by atoms with E-state index in [2.05, 4.69) is 39.2 Å².